The minimum absolute atomic E-state index is 0.776. The van der Waals surface area contributed by atoms with Crippen LogP contribution >= 0.6 is 0 Å². The summed E-state index contributed by atoms with van der Waals surface area (Å²) in [6.45, 7) is 8.11. The van der Waals surface area contributed by atoms with Crippen LogP contribution in [0.3, 0.4) is 0 Å². The van der Waals surface area contributed by atoms with E-state index < -0.39 is 0 Å². The van der Waals surface area contributed by atoms with Crippen molar-refractivity contribution in [2.75, 3.05) is 6.54 Å². The lowest BCUT2D eigenvalue weighted by Gasteiger charge is -2.31. The number of nitrogens with one attached hydrogen (secondary N) is 1. The minimum Gasteiger partial charge on any atom is -0.314 e. The van der Waals surface area contributed by atoms with Gasteiger partial charge in [-0.15, -0.1) is 0 Å². The van der Waals surface area contributed by atoms with Crippen molar-refractivity contribution in [2.24, 2.45) is 11.8 Å². The summed E-state index contributed by atoms with van der Waals surface area (Å²) < 4.78 is 0. The first-order chi connectivity index (χ1) is 7.29. The molecule has 0 saturated heterocycles. The van der Waals surface area contributed by atoms with Gasteiger partial charge in [-0.25, -0.2) is 0 Å². The van der Waals surface area contributed by atoms with Crippen molar-refractivity contribution in [3.05, 3.63) is 0 Å². The third kappa shape index (κ3) is 4.14. The Bertz CT molecular complexity index is 147. The van der Waals surface area contributed by atoms with E-state index in [0.717, 1.165) is 24.4 Å². The summed E-state index contributed by atoms with van der Waals surface area (Å²) in [5.41, 5.74) is 0. The van der Waals surface area contributed by atoms with Crippen LogP contribution in [0.1, 0.15) is 65.7 Å². The molecule has 15 heavy (non-hydrogen) atoms. The molecule has 0 spiro atoms. The molecule has 0 aromatic carbocycles. The van der Waals surface area contributed by atoms with Crippen molar-refractivity contribution in [1.82, 2.24) is 5.32 Å². The van der Waals surface area contributed by atoms with Gasteiger partial charge in [0.15, 0.2) is 0 Å². The van der Waals surface area contributed by atoms with Crippen molar-refractivity contribution in [3.8, 4) is 0 Å². The van der Waals surface area contributed by atoms with Crippen LogP contribution in [0.5, 0.6) is 0 Å². The first-order valence-corrected chi connectivity index (χ1v) is 7.03. The molecule has 1 aliphatic carbocycles. The summed E-state index contributed by atoms with van der Waals surface area (Å²) in [5, 5.41) is 3.73. The average Bonchev–Trinajstić information content (AvgIpc) is 2.53. The molecular formula is C14H29N. The second-order valence-electron chi connectivity index (χ2n) is 5.22. The van der Waals surface area contributed by atoms with Gasteiger partial charge in [0.25, 0.3) is 0 Å². The number of hydrogen-bond acceptors (Lipinski definition) is 1. The van der Waals surface area contributed by atoms with Crippen LogP contribution in [0, 0.1) is 11.8 Å². The van der Waals surface area contributed by atoms with Crippen LogP contribution in [0.25, 0.3) is 0 Å². The molecule has 0 aromatic heterocycles. The summed E-state index contributed by atoms with van der Waals surface area (Å²) in [6.07, 6.45) is 10.1. The lowest BCUT2D eigenvalue weighted by atomic mass is 9.83. The zero-order valence-electron chi connectivity index (χ0n) is 10.9. The van der Waals surface area contributed by atoms with Gasteiger partial charge in [-0.05, 0) is 31.2 Å². The molecule has 90 valence electrons. The van der Waals surface area contributed by atoms with E-state index in [1.165, 1.54) is 44.9 Å². The highest BCUT2D eigenvalue weighted by Crippen LogP contribution is 2.29. The lowest BCUT2D eigenvalue weighted by Crippen LogP contribution is -2.41. The fourth-order valence-corrected chi connectivity index (χ4v) is 2.99. The SMILES string of the molecule is CCNC(C(C)CC)C1CCCCCC1. The van der Waals surface area contributed by atoms with Crippen LogP contribution < -0.4 is 5.32 Å². The second-order valence-corrected chi connectivity index (χ2v) is 5.22. The van der Waals surface area contributed by atoms with E-state index in [-0.39, 0.29) is 0 Å². The molecule has 1 saturated carbocycles. The Hall–Kier alpha value is -0.0400. The molecule has 1 heteroatoms. The molecule has 1 aliphatic rings. The van der Waals surface area contributed by atoms with E-state index >= 15 is 0 Å². The van der Waals surface area contributed by atoms with Gasteiger partial charge < -0.3 is 5.32 Å². The second kappa shape index (κ2) is 7.27. The summed E-state index contributed by atoms with van der Waals surface area (Å²) >= 11 is 0. The van der Waals surface area contributed by atoms with Gasteiger partial charge in [0.1, 0.15) is 0 Å². The van der Waals surface area contributed by atoms with E-state index in [0.29, 0.717) is 0 Å². The van der Waals surface area contributed by atoms with Gasteiger partial charge in [-0.3, -0.25) is 0 Å². The Labute approximate surface area is 96.0 Å². The predicted molar refractivity (Wildman–Crippen MR) is 68.1 cm³/mol. The summed E-state index contributed by atoms with van der Waals surface area (Å²) in [7, 11) is 0. The van der Waals surface area contributed by atoms with Gasteiger partial charge in [0.05, 0.1) is 0 Å². The molecule has 0 aliphatic heterocycles. The van der Waals surface area contributed by atoms with E-state index in [2.05, 4.69) is 26.1 Å². The molecule has 0 radical (unpaired) electrons. The van der Waals surface area contributed by atoms with Gasteiger partial charge >= 0.3 is 0 Å². The fourth-order valence-electron chi connectivity index (χ4n) is 2.99. The number of hydrogen-bond donors (Lipinski definition) is 1. The Kier molecular flexibility index (Phi) is 6.31. The highest BCUT2D eigenvalue weighted by atomic mass is 14.9. The highest BCUT2D eigenvalue weighted by Gasteiger charge is 2.25. The van der Waals surface area contributed by atoms with E-state index in [4.69, 9.17) is 0 Å². The maximum absolute atomic E-state index is 3.73. The molecule has 0 aromatic rings. The first kappa shape index (κ1) is 13.0. The maximum Gasteiger partial charge on any atom is 0.0121 e. The minimum atomic E-state index is 0.776. The smallest absolute Gasteiger partial charge is 0.0121 e. The fraction of sp³-hybridized carbons (Fsp3) is 1.00. The van der Waals surface area contributed by atoms with Crippen molar-refractivity contribution >= 4 is 0 Å². The Balaban J connectivity index is 2.51. The first-order valence-electron chi connectivity index (χ1n) is 7.03. The molecular weight excluding hydrogens is 182 g/mol. The molecule has 1 nitrogen and oxygen atoms in total. The van der Waals surface area contributed by atoms with E-state index in [1.807, 2.05) is 0 Å². The summed E-state index contributed by atoms with van der Waals surface area (Å²) in [5.74, 6) is 1.79. The Morgan fingerprint density at radius 1 is 1.07 bits per heavy atom. The van der Waals surface area contributed by atoms with E-state index in [1.54, 1.807) is 0 Å². The van der Waals surface area contributed by atoms with Gasteiger partial charge in [0.2, 0.25) is 0 Å². The maximum atomic E-state index is 3.73. The van der Waals surface area contributed by atoms with Gasteiger partial charge in [-0.1, -0.05) is 52.9 Å². The monoisotopic (exact) mass is 211 g/mol. The van der Waals surface area contributed by atoms with Crippen LogP contribution in [-0.2, 0) is 0 Å². The molecule has 1 rings (SSSR count). The zero-order valence-corrected chi connectivity index (χ0v) is 10.9. The lowest BCUT2D eigenvalue weighted by molar-refractivity contribution is 0.245. The van der Waals surface area contributed by atoms with Crippen LogP contribution in [-0.4, -0.2) is 12.6 Å². The summed E-state index contributed by atoms with van der Waals surface area (Å²) in [6, 6.07) is 0.776. The highest BCUT2D eigenvalue weighted by molar-refractivity contribution is 4.81. The van der Waals surface area contributed by atoms with Crippen molar-refractivity contribution in [3.63, 3.8) is 0 Å². The standard InChI is InChI=1S/C14H29N/c1-4-12(3)14(15-5-2)13-10-8-6-7-9-11-13/h12-15H,4-11H2,1-3H3. The zero-order chi connectivity index (χ0) is 11.1. The average molecular weight is 211 g/mol. The summed E-state index contributed by atoms with van der Waals surface area (Å²) in [4.78, 5) is 0. The van der Waals surface area contributed by atoms with Crippen LogP contribution in [0.4, 0.5) is 0 Å². The Morgan fingerprint density at radius 3 is 2.13 bits per heavy atom. The molecule has 2 unspecified atom stereocenters. The van der Waals surface area contributed by atoms with Crippen LogP contribution in [0.15, 0.2) is 0 Å². The molecule has 2 atom stereocenters. The Morgan fingerprint density at radius 2 is 1.67 bits per heavy atom. The molecule has 0 heterocycles. The molecule has 1 fully saturated rings. The topological polar surface area (TPSA) is 12.0 Å². The molecule has 0 bridgehead atoms. The molecule has 1 N–H and O–H groups in total. The van der Waals surface area contributed by atoms with Gasteiger partial charge in [-0.2, -0.15) is 0 Å². The van der Waals surface area contributed by atoms with Crippen molar-refractivity contribution < 1.29 is 0 Å². The predicted octanol–water partition coefficient (Wildman–Crippen LogP) is 3.98. The van der Waals surface area contributed by atoms with Crippen LogP contribution in [0.2, 0.25) is 0 Å². The third-order valence-corrected chi connectivity index (χ3v) is 4.10. The van der Waals surface area contributed by atoms with Gasteiger partial charge in [0, 0.05) is 6.04 Å². The quantitative estimate of drug-likeness (QED) is 0.678. The molecule has 0 amide bonds. The third-order valence-electron chi connectivity index (χ3n) is 4.10. The van der Waals surface area contributed by atoms with E-state index in [9.17, 15) is 0 Å². The van der Waals surface area contributed by atoms with Crippen molar-refractivity contribution in [2.45, 2.75) is 71.8 Å². The normalized spacial score (nSPS) is 23.4. The largest absolute Gasteiger partial charge is 0.314 e. The van der Waals surface area contributed by atoms with Crippen molar-refractivity contribution in [1.29, 1.82) is 0 Å². The number of rotatable bonds is 5.